The molecule has 0 N–H and O–H groups in total. The molecule has 1 fully saturated rings. The molecular weight excluding hydrogens is 477 g/mol. The van der Waals surface area contributed by atoms with Crippen LogP contribution in [0.15, 0.2) is 11.6 Å². The summed E-state index contributed by atoms with van der Waals surface area (Å²) in [4.78, 5) is 5.15. The molecule has 0 aromatic carbocycles. The molecule has 0 amide bonds. The second-order valence-electron chi connectivity index (χ2n) is 9.68. The number of rotatable bonds is 23. The van der Waals surface area contributed by atoms with Crippen molar-refractivity contribution in [2.45, 2.75) is 142 Å². The molecule has 1 atom stereocenters. The Morgan fingerprint density at radius 3 is 1.87 bits per heavy atom. The van der Waals surface area contributed by atoms with Crippen LogP contribution in [0.4, 0.5) is 0 Å². The first-order chi connectivity index (χ1) is 14.8. The quantitative estimate of drug-likeness (QED) is 0.0699. The molecule has 0 spiro atoms. The zero-order valence-electron chi connectivity index (χ0n) is 21.0. The third-order valence-corrected chi connectivity index (χ3v) is 8.69. The molecule has 1 rings (SSSR count). The first kappa shape index (κ1) is 28.5. The topological polar surface area (TPSA) is 3.24 Å². The minimum absolute atomic E-state index is 0.547. The smallest absolute Gasteiger partial charge is 0.00668 e. The van der Waals surface area contributed by atoms with Crippen LogP contribution in [0.2, 0.25) is 0 Å². The molecule has 0 saturated heterocycles. The third-order valence-electron chi connectivity index (χ3n) is 6.85. The summed E-state index contributed by atoms with van der Waals surface area (Å²) >= 11 is 0.547. The number of alkyl halides is 2. The van der Waals surface area contributed by atoms with E-state index in [0.717, 1.165) is 6.04 Å². The number of allylic oxidation sites excluding steroid dienone is 2. The second-order valence-corrected chi connectivity index (χ2v) is 12.3. The Morgan fingerprint density at radius 1 is 0.767 bits per heavy atom. The molecule has 0 aliphatic heterocycles. The maximum atomic E-state index is 2.73. The van der Waals surface area contributed by atoms with Crippen molar-refractivity contribution in [3.8, 4) is 0 Å². The molecule has 1 nitrogen and oxygen atoms in total. The summed E-state index contributed by atoms with van der Waals surface area (Å²) in [5.41, 5.74) is 1.72. The first-order valence-corrected chi connectivity index (χ1v) is 17.3. The molecule has 1 aliphatic rings. The Balaban J connectivity index is 1.84. The van der Waals surface area contributed by atoms with E-state index in [1.54, 1.807) is 10.0 Å². The van der Waals surface area contributed by atoms with Crippen molar-refractivity contribution in [2.24, 2.45) is 0 Å². The second kappa shape index (κ2) is 21.3. The molecule has 0 aromatic heterocycles. The van der Waals surface area contributed by atoms with Gasteiger partial charge in [0.2, 0.25) is 0 Å². The standard InChI is InChI=1S/C28H55IN/c1-4-30(27(2)21-17-13-12-14-18-22-28-23-24-28)26-20-16-11-9-7-5-6-8-10-15-19-25-29-3/h22,27H,4-21,23-26H2,1-3H3/q-1. The third kappa shape index (κ3) is 18.0. The van der Waals surface area contributed by atoms with Gasteiger partial charge in [-0.15, -0.1) is 0 Å². The number of hydrogen-bond donors (Lipinski definition) is 0. The van der Waals surface area contributed by atoms with Gasteiger partial charge in [0.1, 0.15) is 0 Å². The largest absolute Gasteiger partial charge is 0.0853 e. The molecule has 2 heteroatoms. The van der Waals surface area contributed by atoms with Gasteiger partial charge in [-0.25, -0.2) is 0 Å². The van der Waals surface area contributed by atoms with Gasteiger partial charge in [-0.3, -0.25) is 0 Å². The van der Waals surface area contributed by atoms with Gasteiger partial charge in [0.05, 0.1) is 0 Å². The molecule has 0 bridgehead atoms. The van der Waals surface area contributed by atoms with E-state index in [-0.39, 0.29) is 0 Å². The van der Waals surface area contributed by atoms with Crippen LogP contribution in [-0.2, 0) is 0 Å². The van der Waals surface area contributed by atoms with Crippen LogP contribution in [0, 0.1) is 0 Å². The van der Waals surface area contributed by atoms with Gasteiger partial charge in [-0.2, -0.15) is 0 Å². The van der Waals surface area contributed by atoms with E-state index in [1.807, 2.05) is 0 Å². The Hall–Kier alpha value is 0.430. The molecule has 0 radical (unpaired) electrons. The van der Waals surface area contributed by atoms with Gasteiger partial charge in [0, 0.05) is 6.04 Å². The van der Waals surface area contributed by atoms with Crippen molar-refractivity contribution in [1.29, 1.82) is 0 Å². The summed E-state index contributed by atoms with van der Waals surface area (Å²) in [5, 5.41) is 0. The van der Waals surface area contributed by atoms with E-state index in [2.05, 4.69) is 29.8 Å². The van der Waals surface area contributed by atoms with E-state index in [4.69, 9.17) is 0 Å². The predicted molar refractivity (Wildman–Crippen MR) is 133 cm³/mol. The van der Waals surface area contributed by atoms with Crippen molar-refractivity contribution in [3.63, 3.8) is 0 Å². The van der Waals surface area contributed by atoms with Crippen LogP contribution in [0.5, 0.6) is 0 Å². The minimum atomic E-state index is 0.547. The maximum absolute atomic E-state index is 2.73. The van der Waals surface area contributed by atoms with Gasteiger partial charge in [0.15, 0.2) is 0 Å². The first-order valence-electron chi connectivity index (χ1n) is 13.6. The fraction of sp³-hybridized carbons (Fsp3) is 0.929. The van der Waals surface area contributed by atoms with E-state index in [1.165, 1.54) is 135 Å². The Bertz CT molecular complexity index is 386. The summed E-state index contributed by atoms with van der Waals surface area (Å²) in [7, 11) is 0. The molecule has 180 valence electrons. The zero-order valence-corrected chi connectivity index (χ0v) is 23.2. The zero-order chi connectivity index (χ0) is 21.7. The molecule has 1 aliphatic carbocycles. The Labute approximate surface area is 201 Å². The fourth-order valence-corrected chi connectivity index (χ4v) is 5.83. The van der Waals surface area contributed by atoms with Crippen LogP contribution >= 0.6 is 0 Å². The van der Waals surface area contributed by atoms with Crippen LogP contribution < -0.4 is 21.2 Å². The average molecular weight is 533 g/mol. The summed E-state index contributed by atoms with van der Waals surface area (Å²) < 4.78 is 1.55. The summed E-state index contributed by atoms with van der Waals surface area (Å²) in [6.07, 6.45) is 29.9. The maximum Gasteiger partial charge on any atom is 0.00668 e. The normalized spacial score (nSPS) is 14.6. The molecule has 0 aromatic rings. The summed E-state index contributed by atoms with van der Waals surface area (Å²) in [6, 6.07) is 0.780. The van der Waals surface area contributed by atoms with Gasteiger partial charge in [0.25, 0.3) is 0 Å². The minimum Gasteiger partial charge on any atom is -0.0853 e. The van der Waals surface area contributed by atoms with Crippen molar-refractivity contribution in [1.82, 2.24) is 4.90 Å². The van der Waals surface area contributed by atoms with Gasteiger partial charge < -0.3 is 4.90 Å². The predicted octanol–water partition coefficient (Wildman–Crippen LogP) is 5.77. The van der Waals surface area contributed by atoms with Gasteiger partial charge >= 0.3 is 101 Å². The van der Waals surface area contributed by atoms with E-state index >= 15 is 0 Å². The van der Waals surface area contributed by atoms with Crippen molar-refractivity contribution in [3.05, 3.63) is 11.6 Å². The van der Waals surface area contributed by atoms with Crippen LogP contribution in [0.1, 0.15) is 136 Å². The summed E-state index contributed by atoms with van der Waals surface area (Å²) in [5.74, 6) is 0. The number of unbranched alkanes of at least 4 members (excludes halogenated alkanes) is 14. The average Bonchev–Trinajstić information content (AvgIpc) is 3.57. The molecule has 30 heavy (non-hydrogen) atoms. The fourth-order valence-electron chi connectivity index (χ4n) is 4.53. The molecule has 0 heterocycles. The van der Waals surface area contributed by atoms with Crippen LogP contribution in [0.25, 0.3) is 0 Å². The number of nitrogens with zero attached hydrogens (tertiary/aromatic N) is 1. The molecule has 1 unspecified atom stereocenters. The van der Waals surface area contributed by atoms with E-state index in [0.29, 0.717) is 21.2 Å². The monoisotopic (exact) mass is 532 g/mol. The van der Waals surface area contributed by atoms with E-state index in [9.17, 15) is 0 Å². The molecular formula is C28H55IN-. The van der Waals surface area contributed by atoms with Crippen molar-refractivity contribution in [2.75, 3.05) is 22.4 Å². The van der Waals surface area contributed by atoms with Crippen molar-refractivity contribution < 1.29 is 21.2 Å². The van der Waals surface area contributed by atoms with Gasteiger partial charge in [-0.1, -0.05) is 37.8 Å². The Kier molecular flexibility index (Phi) is 20.2. The van der Waals surface area contributed by atoms with Crippen molar-refractivity contribution >= 4 is 0 Å². The Morgan fingerprint density at radius 2 is 1.30 bits per heavy atom. The van der Waals surface area contributed by atoms with E-state index < -0.39 is 0 Å². The SMILES string of the molecule is CCN(CCCCCCCCCCCCC[I-]C)C(C)CCCCCCC=C1CC1. The van der Waals surface area contributed by atoms with Crippen LogP contribution in [-0.4, -0.2) is 33.4 Å². The number of hydrogen-bond acceptors (Lipinski definition) is 1. The van der Waals surface area contributed by atoms with Crippen LogP contribution in [0.3, 0.4) is 0 Å². The number of halogens is 1. The van der Waals surface area contributed by atoms with Gasteiger partial charge in [-0.05, 0) is 52.1 Å². The molecule has 1 saturated carbocycles. The summed E-state index contributed by atoms with van der Waals surface area (Å²) in [6.45, 7) is 7.37.